The largest absolute Gasteiger partial charge is 0.368 e. The van der Waals surface area contributed by atoms with Crippen LogP contribution in [0, 0.1) is 6.92 Å². The summed E-state index contributed by atoms with van der Waals surface area (Å²) in [5.41, 5.74) is 5.53. The maximum Gasteiger partial charge on any atom is 0.236 e. The first-order valence-electron chi connectivity index (χ1n) is 5.07. The van der Waals surface area contributed by atoms with Gasteiger partial charge in [-0.15, -0.1) is 10.2 Å². The number of nitrogens with zero attached hydrogens (tertiary/aromatic N) is 4. The van der Waals surface area contributed by atoms with Crippen LogP contribution in [-0.2, 0) is 11.8 Å². The Labute approximate surface area is 107 Å². The zero-order chi connectivity index (χ0) is 13.1. The van der Waals surface area contributed by atoms with E-state index in [9.17, 15) is 4.79 Å². The number of thioether (sulfide) groups is 1. The highest BCUT2D eigenvalue weighted by Crippen LogP contribution is 2.16. The van der Waals surface area contributed by atoms with Gasteiger partial charge in [-0.1, -0.05) is 16.9 Å². The summed E-state index contributed by atoms with van der Waals surface area (Å²) in [6.07, 6.45) is 0. The second kappa shape index (κ2) is 5.08. The smallest absolute Gasteiger partial charge is 0.236 e. The molecule has 0 aliphatic rings. The molecule has 96 valence electrons. The molecule has 0 fully saturated rings. The maximum atomic E-state index is 11.6. The zero-order valence-corrected chi connectivity index (χ0v) is 10.7. The van der Waals surface area contributed by atoms with Gasteiger partial charge in [-0.2, -0.15) is 0 Å². The number of nitrogens with two attached hydrogens (primary N) is 1. The number of aromatic nitrogens is 4. The van der Waals surface area contributed by atoms with Gasteiger partial charge in [0.15, 0.2) is 11.0 Å². The number of nitrogen functional groups attached to an aromatic ring is 1. The van der Waals surface area contributed by atoms with Crippen molar-refractivity contribution in [3.8, 4) is 0 Å². The molecular weight excluding hydrogens is 256 g/mol. The van der Waals surface area contributed by atoms with Crippen molar-refractivity contribution in [2.75, 3.05) is 16.8 Å². The molecule has 3 N–H and O–H groups in total. The second-order valence-corrected chi connectivity index (χ2v) is 4.50. The van der Waals surface area contributed by atoms with Crippen molar-refractivity contribution in [1.82, 2.24) is 19.9 Å². The average molecular weight is 268 g/mol. The van der Waals surface area contributed by atoms with Crippen molar-refractivity contribution in [2.45, 2.75) is 12.1 Å². The summed E-state index contributed by atoms with van der Waals surface area (Å²) in [5.74, 6) is 1.34. The first kappa shape index (κ1) is 12.4. The first-order chi connectivity index (χ1) is 8.56. The van der Waals surface area contributed by atoms with E-state index < -0.39 is 0 Å². The highest BCUT2D eigenvalue weighted by Gasteiger charge is 2.10. The molecule has 8 nitrogen and oxygen atoms in total. The number of anilines is 2. The van der Waals surface area contributed by atoms with E-state index >= 15 is 0 Å². The molecule has 2 heterocycles. The van der Waals surface area contributed by atoms with Crippen molar-refractivity contribution >= 4 is 29.4 Å². The van der Waals surface area contributed by atoms with Crippen LogP contribution in [0.3, 0.4) is 0 Å². The van der Waals surface area contributed by atoms with E-state index in [1.165, 1.54) is 11.8 Å². The van der Waals surface area contributed by atoms with Crippen LogP contribution in [-0.4, -0.2) is 31.6 Å². The third-order valence-corrected chi connectivity index (χ3v) is 3.12. The van der Waals surface area contributed by atoms with E-state index in [-0.39, 0.29) is 11.7 Å². The lowest BCUT2D eigenvalue weighted by Gasteiger charge is -2.01. The van der Waals surface area contributed by atoms with Crippen molar-refractivity contribution in [3.63, 3.8) is 0 Å². The van der Waals surface area contributed by atoms with E-state index in [2.05, 4.69) is 20.7 Å². The van der Waals surface area contributed by atoms with Gasteiger partial charge < -0.3 is 15.6 Å². The highest BCUT2D eigenvalue weighted by molar-refractivity contribution is 7.99. The molecule has 0 aliphatic heterocycles. The fraction of sp³-hybridized carbons (Fsp3) is 0.333. The summed E-state index contributed by atoms with van der Waals surface area (Å²) in [7, 11) is 1.73. The van der Waals surface area contributed by atoms with Gasteiger partial charge in [-0.05, 0) is 6.92 Å². The average Bonchev–Trinajstić information content (AvgIpc) is 2.86. The molecule has 0 spiro atoms. The Morgan fingerprint density at radius 3 is 2.94 bits per heavy atom. The normalized spacial score (nSPS) is 10.6. The molecule has 0 saturated carbocycles. The number of carbonyl (C=O) groups is 1. The third kappa shape index (κ3) is 2.80. The topological polar surface area (TPSA) is 112 Å². The van der Waals surface area contributed by atoms with Crippen LogP contribution in [0.5, 0.6) is 0 Å². The Kier molecular flexibility index (Phi) is 3.51. The standard InChI is InChI=1S/C9H12N6O2S/c1-5-3-6(14-17-5)11-7(16)4-18-9-13-12-8(10)15(9)2/h3H,4H2,1-2H3,(H2,10,12)(H,11,14,16). The molecule has 0 saturated heterocycles. The van der Waals surface area contributed by atoms with Crippen molar-refractivity contribution in [2.24, 2.45) is 7.05 Å². The summed E-state index contributed by atoms with van der Waals surface area (Å²) in [5, 5.41) is 14.4. The van der Waals surface area contributed by atoms with Gasteiger partial charge in [-0.25, -0.2) is 0 Å². The molecule has 2 aromatic heterocycles. The maximum absolute atomic E-state index is 11.6. The molecule has 0 aromatic carbocycles. The van der Waals surface area contributed by atoms with Crippen molar-refractivity contribution < 1.29 is 9.32 Å². The summed E-state index contributed by atoms with van der Waals surface area (Å²) in [6, 6.07) is 1.64. The van der Waals surface area contributed by atoms with Gasteiger partial charge >= 0.3 is 0 Å². The molecule has 9 heteroatoms. The van der Waals surface area contributed by atoms with Crippen LogP contribution in [0.25, 0.3) is 0 Å². The minimum atomic E-state index is -0.199. The fourth-order valence-corrected chi connectivity index (χ4v) is 1.90. The predicted molar refractivity (Wildman–Crippen MR) is 66.0 cm³/mol. The summed E-state index contributed by atoms with van der Waals surface area (Å²) < 4.78 is 6.45. The lowest BCUT2D eigenvalue weighted by atomic mass is 10.5. The lowest BCUT2D eigenvalue weighted by molar-refractivity contribution is -0.113. The number of amides is 1. The molecule has 0 radical (unpaired) electrons. The van der Waals surface area contributed by atoms with Crippen LogP contribution in [0.15, 0.2) is 15.7 Å². The quantitative estimate of drug-likeness (QED) is 0.773. The molecule has 2 aromatic rings. The molecule has 1 amide bonds. The van der Waals surface area contributed by atoms with E-state index in [0.717, 1.165) is 0 Å². The Hall–Kier alpha value is -2.03. The number of aryl methyl sites for hydroxylation is 1. The van der Waals surface area contributed by atoms with E-state index in [1.807, 2.05) is 0 Å². The monoisotopic (exact) mass is 268 g/mol. The molecule has 0 bridgehead atoms. The number of carbonyl (C=O) groups excluding carboxylic acids is 1. The number of nitrogens with one attached hydrogen (secondary N) is 1. The van der Waals surface area contributed by atoms with Crippen LogP contribution in [0.1, 0.15) is 5.76 Å². The molecular formula is C9H12N6O2S. The van der Waals surface area contributed by atoms with Crippen LogP contribution >= 0.6 is 11.8 Å². The van der Waals surface area contributed by atoms with Crippen molar-refractivity contribution in [3.05, 3.63) is 11.8 Å². The number of rotatable bonds is 4. The summed E-state index contributed by atoms with van der Waals surface area (Å²) in [6.45, 7) is 1.75. The Balaban J connectivity index is 1.87. The minimum Gasteiger partial charge on any atom is -0.368 e. The van der Waals surface area contributed by atoms with Gasteiger partial charge in [0.1, 0.15) is 5.76 Å². The first-order valence-corrected chi connectivity index (χ1v) is 6.05. The van der Waals surface area contributed by atoms with E-state index in [0.29, 0.717) is 22.7 Å². The van der Waals surface area contributed by atoms with Crippen molar-refractivity contribution in [1.29, 1.82) is 0 Å². The van der Waals surface area contributed by atoms with Crippen LogP contribution in [0.2, 0.25) is 0 Å². The second-order valence-electron chi connectivity index (χ2n) is 3.56. The molecule has 18 heavy (non-hydrogen) atoms. The molecule has 0 aliphatic carbocycles. The van der Waals surface area contributed by atoms with Gasteiger partial charge in [0, 0.05) is 13.1 Å². The molecule has 2 rings (SSSR count). The lowest BCUT2D eigenvalue weighted by Crippen LogP contribution is -2.14. The fourth-order valence-electron chi connectivity index (χ4n) is 1.19. The zero-order valence-electron chi connectivity index (χ0n) is 9.88. The number of hydrogen-bond donors (Lipinski definition) is 2. The molecule has 0 unspecified atom stereocenters. The minimum absolute atomic E-state index is 0.192. The van der Waals surface area contributed by atoms with Crippen LogP contribution in [0.4, 0.5) is 11.8 Å². The van der Waals surface area contributed by atoms with Gasteiger partial charge in [0.05, 0.1) is 5.75 Å². The third-order valence-electron chi connectivity index (χ3n) is 2.10. The Morgan fingerprint density at radius 2 is 2.39 bits per heavy atom. The summed E-state index contributed by atoms with van der Waals surface area (Å²) in [4.78, 5) is 11.6. The number of hydrogen-bond acceptors (Lipinski definition) is 7. The Morgan fingerprint density at radius 1 is 1.61 bits per heavy atom. The molecule has 0 atom stereocenters. The van der Waals surface area contributed by atoms with E-state index in [1.54, 1.807) is 24.6 Å². The SMILES string of the molecule is Cc1cc(NC(=O)CSc2nnc(N)n2C)no1. The van der Waals surface area contributed by atoms with Gasteiger partial charge in [0.2, 0.25) is 11.9 Å². The highest BCUT2D eigenvalue weighted by atomic mass is 32.2. The summed E-state index contributed by atoms with van der Waals surface area (Å²) >= 11 is 1.24. The van der Waals surface area contributed by atoms with Gasteiger partial charge in [-0.3, -0.25) is 9.36 Å². The van der Waals surface area contributed by atoms with E-state index in [4.69, 9.17) is 10.3 Å². The van der Waals surface area contributed by atoms with Gasteiger partial charge in [0.25, 0.3) is 0 Å². The predicted octanol–water partition coefficient (Wildman–Crippen LogP) is 0.425. The Bertz CT molecular complexity index is 563. The van der Waals surface area contributed by atoms with Crippen LogP contribution < -0.4 is 11.1 Å².